The van der Waals surface area contributed by atoms with Gasteiger partial charge in [-0.2, -0.15) is 5.10 Å². The number of aliphatic hydroxyl groups is 2. The number of carbonyl (C=O) groups excluding carboxylic acids is 1. The SMILES string of the molecule is Cc1ccc2nc(C)c(C(=O)N3CCn4nc([C@@H](O)CO)cc4C3)n2c1. The van der Waals surface area contributed by atoms with Crippen LogP contribution >= 0.6 is 0 Å². The van der Waals surface area contributed by atoms with Crippen molar-refractivity contribution in [2.45, 2.75) is 33.0 Å². The van der Waals surface area contributed by atoms with Gasteiger partial charge in [0.2, 0.25) is 0 Å². The lowest BCUT2D eigenvalue weighted by molar-refractivity contribution is 0.0697. The van der Waals surface area contributed by atoms with Gasteiger partial charge in [-0.3, -0.25) is 13.9 Å². The van der Waals surface area contributed by atoms with Crippen LogP contribution in [0.5, 0.6) is 0 Å². The van der Waals surface area contributed by atoms with Crippen LogP contribution in [0.15, 0.2) is 24.4 Å². The van der Waals surface area contributed by atoms with Crippen LogP contribution in [0.4, 0.5) is 0 Å². The van der Waals surface area contributed by atoms with Crippen molar-refractivity contribution in [1.29, 1.82) is 0 Å². The maximum Gasteiger partial charge on any atom is 0.273 e. The van der Waals surface area contributed by atoms with Crippen molar-refractivity contribution < 1.29 is 15.0 Å². The second-order valence-corrected chi connectivity index (χ2v) is 6.69. The zero-order valence-electron chi connectivity index (χ0n) is 14.8. The van der Waals surface area contributed by atoms with Crippen LogP contribution in [0.1, 0.15) is 39.2 Å². The molecule has 4 rings (SSSR count). The Morgan fingerprint density at radius 2 is 2.12 bits per heavy atom. The first kappa shape index (κ1) is 16.7. The second-order valence-electron chi connectivity index (χ2n) is 6.69. The van der Waals surface area contributed by atoms with Crippen LogP contribution in [0.3, 0.4) is 0 Å². The van der Waals surface area contributed by atoms with Crippen LogP contribution in [-0.2, 0) is 13.1 Å². The summed E-state index contributed by atoms with van der Waals surface area (Å²) in [6.45, 7) is 4.94. The van der Waals surface area contributed by atoms with Crippen LogP contribution in [-0.4, -0.2) is 53.3 Å². The van der Waals surface area contributed by atoms with Gasteiger partial charge in [0.1, 0.15) is 17.4 Å². The average Bonchev–Trinajstić information content (AvgIpc) is 3.19. The molecule has 0 radical (unpaired) electrons. The number of amides is 1. The van der Waals surface area contributed by atoms with Gasteiger partial charge in [-0.05, 0) is 31.5 Å². The molecule has 1 aliphatic rings. The van der Waals surface area contributed by atoms with E-state index < -0.39 is 6.10 Å². The van der Waals surface area contributed by atoms with Crippen molar-refractivity contribution in [3.05, 3.63) is 52.7 Å². The smallest absolute Gasteiger partial charge is 0.273 e. The minimum absolute atomic E-state index is 0.0719. The molecule has 0 bridgehead atoms. The lowest BCUT2D eigenvalue weighted by Crippen LogP contribution is -2.39. The highest BCUT2D eigenvalue weighted by molar-refractivity contribution is 5.94. The van der Waals surface area contributed by atoms with Crippen molar-refractivity contribution in [1.82, 2.24) is 24.1 Å². The van der Waals surface area contributed by atoms with E-state index in [2.05, 4.69) is 10.1 Å². The standard InChI is InChI=1S/C18H21N5O3/c1-11-3-4-16-19-12(2)17(22(16)8-11)18(26)21-5-6-23-13(9-21)7-14(20-23)15(25)10-24/h3-4,7-8,15,24-25H,5-6,9-10H2,1-2H3/t15-/m0/s1. The second kappa shape index (κ2) is 6.22. The van der Waals surface area contributed by atoms with E-state index in [1.54, 1.807) is 15.6 Å². The van der Waals surface area contributed by atoms with Crippen LogP contribution in [0, 0.1) is 13.8 Å². The Balaban J connectivity index is 1.65. The number of carbonyl (C=O) groups is 1. The fourth-order valence-electron chi connectivity index (χ4n) is 3.39. The number of aliphatic hydroxyl groups excluding tert-OH is 2. The van der Waals surface area contributed by atoms with Crippen LogP contribution in [0.25, 0.3) is 5.65 Å². The maximum atomic E-state index is 13.2. The fourth-order valence-corrected chi connectivity index (χ4v) is 3.39. The number of hydrogen-bond donors (Lipinski definition) is 2. The fraction of sp³-hybridized carbons (Fsp3) is 0.389. The van der Waals surface area contributed by atoms with Crippen molar-refractivity contribution in [3.63, 3.8) is 0 Å². The summed E-state index contributed by atoms with van der Waals surface area (Å²) < 4.78 is 3.63. The van der Waals surface area contributed by atoms with E-state index in [9.17, 15) is 9.90 Å². The molecule has 8 heteroatoms. The number of nitrogens with zero attached hydrogens (tertiary/aromatic N) is 5. The number of aromatic nitrogens is 4. The minimum Gasteiger partial charge on any atom is -0.393 e. The van der Waals surface area contributed by atoms with Gasteiger partial charge in [0, 0.05) is 12.7 Å². The van der Waals surface area contributed by atoms with Gasteiger partial charge >= 0.3 is 0 Å². The predicted molar refractivity (Wildman–Crippen MR) is 93.7 cm³/mol. The molecular weight excluding hydrogens is 334 g/mol. The van der Waals surface area contributed by atoms with Crippen molar-refractivity contribution >= 4 is 11.6 Å². The van der Waals surface area contributed by atoms with E-state index in [1.807, 2.05) is 36.6 Å². The third-order valence-electron chi connectivity index (χ3n) is 4.76. The third kappa shape index (κ3) is 2.67. The zero-order valence-corrected chi connectivity index (χ0v) is 14.8. The summed E-state index contributed by atoms with van der Waals surface area (Å²) in [7, 11) is 0. The largest absolute Gasteiger partial charge is 0.393 e. The van der Waals surface area contributed by atoms with Crippen LogP contribution in [0.2, 0.25) is 0 Å². The van der Waals surface area contributed by atoms with Crippen LogP contribution < -0.4 is 0 Å². The van der Waals surface area contributed by atoms with E-state index >= 15 is 0 Å². The molecule has 26 heavy (non-hydrogen) atoms. The highest BCUT2D eigenvalue weighted by Crippen LogP contribution is 2.21. The number of pyridine rings is 1. The number of aryl methyl sites for hydroxylation is 2. The monoisotopic (exact) mass is 355 g/mol. The number of hydrogen-bond acceptors (Lipinski definition) is 5. The first-order chi connectivity index (χ1) is 12.5. The number of rotatable bonds is 3. The van der Waals surface area contributed by atoms with Gasteiger partial charge in [-0.1, -0.05) is 6.07 Å². The zero-order chi connectivity index (χ0) is 18.4. The summed E-state index contributed by atoms with van der Waals surface area (Å²) >= 11 is 0. The average molecular weight is 355 g/mol. The quantitative estimate of drug-likeness (QED) is 0.725. The molecule has 0 aliphatic carbocycles. The molecule has 1 amide bonds. The summed E-state index contributed by atoms with van der Waals surface area (Å²) in [5, 5.41) is 23.2. The first-order valence-electron chi connectivity index (χ1n) is 8.58. The summed E-state index contributed by atoms with van der Waals surface area (Å²) in [6, 6.07) is 5.63. The van der Waals surface area contributed by atoms with Crippen molar-refractivity contribution in [2.75, 3.05) is 13.2 Å². The van der Waals surface area contributed by atoms with Gasteiger partial charge in [0.05, 0.1) is 36.8 Å². The Bertz CT molecular complexity index is 990. The number of fused-ring (bicyclic) bond motifs is 2. The summed E-state index contributed by atoms with van der Waals surface area (Å²) in [5.74, 6) is -0.0719. The van der Waals surface area contributed by atoms with Gasteiger partial charge < -0.3 is 15.1 Å². The van der Waals surface area contributed by atoms with E-state index in [4.69, 9.17) is 5.11 Å². The summed E-state index contributed by atoms with van der Waals surface area (Å²) in [5.41, 5.74) is 4.37. The van der Waals surface area contributed by atoms with Gasteiger partial charge in [-0.25, -0.2) is 4.98 Å². The maximum absolute atomic E-state index is 13.2. The summed E-state index contributed by atoms with van der Waals surface area (Å²) in [6.07, 6.45) is 0.924. The molecule has 0 unspecified atom stereocenters. The van der Waals surface area contributed by atoms with Crippen molar-refractivity contribution in [3.8, 4) is 0 Å². The molecule has 136 valence electrons. The highest BCUT2D eigenvalue weighted by atomic mass is 16.3. The Kier molecular flexibility index (Phi) is 4.01. The molecule has 0 aromatic carbocycles. The minimum atomic E-state index is -0.999. The van der Waals surface area contributed by atoms with Gasteiger partial charge in [0.25, 0.3) is 5.91 Å². The normalized spacial score (nSPS) is 15.3. The number of imidazole rings is 1. The van der Waals surface area contributed by atoms with E-state index in [0.717, 1.165) is 16.9 Å². The predicted octanol–water partition coefficient (Wildman–Crippen LogP) is 0.829. The topological polar surface area (TPSA) is 95.9 Å². The molecule has 4 heterocycles. The molecule has 0 spiro atoms. The molecule has 0 saturated carbocycles. The molecular formula is C18H21N5O3. The molecule has 0 saturated heterocycles. The molecule has 3 aromatic heterocycles. The lowest BCUT2D eigenvalue weighted by atomic mass is 10.2. The Morgan fingerprint density at radius 3 is 2.88 bits per heavy atom. The Hall–Kier alpha value is -2.71. The molecule has 3 aromatic rings. The first-order valence-corrected chi connectivity index (χ1v) is 8.58. The van der Waals surface area contributed by atoms with Gasteiger partial charge in [0.15, 0.2) is 0 Å². The molecule has 8 nitrogen and oxygen atoms in total. The third-order valence-corrected chi connectivity index (χ3v) is 4.76. The highest BCUT2D eigenvalue weighted by Gasteiger charge is 2.27. The Labute approximate surface area is 150 Å². The molecule has 1 atom stereocenters. The molecule has 2 N–H and O–H groups in total. The van der Waals surface area contributed by atoms with Crippen molar-refractivity contribution in [2.24, 2.45) is 0 Å². The Morgan fingerprint density at radius 1 is 1.31 bits per heavy atom. The molecule has 0 fully saturated rings. The lowest BCUT2D eigenvalue weighted by Gasteiger charge is -2.27. The van der Waals surface area contributed by atoms with E-state index in [0.29, 0.717) is 36.7 Å². The summed E-state index contributed by atoms with van der Waals surface area (Å²) in [4.78, 5) is 19.4. The van der Waals surface area contributed by atoms with E-state index in [1.165, 1.54) is 0 Å². The van der Waals surface area contributed by atoms with E-state index in [-0.39, 0.29) is 12.5 Å². The van der Waals surface area contributed by atoms with Gasteiger partial charge in [-0.15, -0.1) is 0 Å². The molecule has 1 aliphatic heterocycles.